The van der Waals surface area contributed by atoms with Crippen LogP contribution in [0.3, 0.4) is 0 Å². The van der Waals surface area contributed by atoms with Crippen LogP contribution < -0.4 is 15.5 Å². The second kappa shape index (κ2) is 10.7. The van der Waals surface area contributed by atoms with E-state index in [0.717, 1.165) is 38.3 Å². The maximum absolute atomic E-state index is 12.2. The van der Waals surface area contributed by atoms with Gasteiger partial charge in [0.2, 0.25) is 5.91 Å². The molecule has 1 aliphatic heterocycles. The van der Waals surface area contributed by atoms with E-state index >= 15 is 0 Å². The smallest absolute Gasteiger partial charge is 0.222 e. The van der Waals surface area contributed by atoms with Crippen molar-refractivity contribution in [2.24, 2.45) is 4.99 Å². The van der Waals surface area contributed by atoms with Crippen molar-refractivity contribution in [3.8, 4) is 0 Å². The number of hydrogen-bond donors (Lipinski definition) is 2. The zero-order valence-electron chi connectivity index (χ0n) is 15.7. The fourth-order valence-electron chi connectivity index (χ4n) is 3.76. The summed E-state index contributed by atoms with van der Waals surface area (Å²) in [7, 11) is 0. The molecule has 144 valence electrons. The van der Waals surface area contributed by atoms with Crippen molar-refractivity contribution in [3.05, 3.63) is 29.8 Å². The number of rotatable bonds is 5. The topological polar surface area (TPSA) is 56.7 Å². The lowest BCUT2D eigenvalue weighted by atomic mass is 9.95. The molecule has 0 bridgehead atoms. The van der Waals surface area contributed by atoms with Gasteiger partial charge in [0.15, 0.2) is 5.96 Å². The molecule has 0 unspecified atom stereocenters. The van der Waals surface area contributed by atoms with Crippen LogP contribution in [0.2, 0.25) is 0 Å². The Morgan fingerprint density at radius 1 is 1.23 bits per heavy atom. The number of nitrogens with zero attached hydrogens (tertiary/aromatic N) is 2. The molecule has 0 spiro atoms. The molecule has 0 radical (unpaired) electrons. The normalized spacial score (nSPS) is 17.4. The molecule has 0 aromatic heterocycles. The van der Waals surface area contributed by atoms with E-state index in [2.05, 4.69) is 46.7 Å². The maximum Gasteiger partial charge on any atom is 0.222 e. The Kier molecular flexibility index (Phi) is 8.68. The van der Waals surface area contributed by atoms with E-state index in [1.165, 1.54) is 30.5 Å². The van der Waals surface area contributed by atoms with Crippen LogP contribution in [-0.4, -0.2) is 37.5 Å². The van der Waals surface area contributed by atoms with Crippen molar-refractivity contribution in [1.29, 1.82) is 0 Å². The highest BCUT2D eigenvalue weighted by molar-refractivity contribution is 14.0. The van der Waals surface area contributed by atoms with Gasteiger partial charge in [0, 0.05) is 31.2 Å². The van der Waals surface area contributed by atoms with Crippen LogP contribution in [0.5, 0.6) is 0 Å². The summed E-state index contributed by atoms with van der Waals surface area (Å²) in [5.74, 6) is 1.02. The number of aliphatic imine (C=N–C) groups is 1. The number of benzene rings is 1. The van der Waals surface area contributed by atoms with E-state index in [1.807, 2.05) is 0 Å². The van der Waals surface area contributed by atoms with Crippen LogP contribution >= 0.6 is 24.0 Å². The fourth-order valence-corrected chi connectivity index (χ4v) is 3.76. The summed E-state index contributed by atoms with van der Waals surface area (Å²) in [6, 6.07) is 8.85. The molecule has 1 heterocycles. The van der Waals surface area contributed by atoms with Crippen LogP contribution in [0.25, 0.3) is 0 Å². The molecule has 0 atom stereocenters. The first-order valence-electron chi connectivity index (χ1n) is 9.71. The molecule has 1 fully saturated rings. The van der Waals surface area contributed by atoms with Gasteiger partial charge in [-0.15, -0.1) is 24.0 Å². The number of hydrogen-bond acceptors (Lipinski definition) is 2. The van der Waals surface area contributed by atoms with Crippen molar-refractivity contribution in [2.45, 2.75) is 57.9 Å². The molecule has 26 heavy (non-hydrogen) atoms. The summed E-state index contributed by atoms with van der Waals surface area (Å²) in [5.41, 5.74) is 2.59. The van der Waals surface area contributed by atoms with Crippen molar-refractivity contribution in [1.82, 2.24) is 10.6 Å². The largest absolute Gasteiger partial charge is 0.356 e. The second-order valence-electron chi connectivity index (χ2n) is 6.92. The number of anilines is 1. The summed E-state index contributed by atoms with van der Waals surface area (Å²) in [5, 5.41) is 6.53. The minimum absolute atomic E-state index is 0. The number of halogens is 1. The van der Waals surface area contributed by atoms with Gasteiger partial charge in [0.1, 0.15) is 0 Å². The first-order chi connectivity index (χ1) is 12.3. The van der Waals surface area contributed by atoms with E-state index in [4.69, 9.17) is 4.99 Å². The zero-order valence-corrected chi connectivity index (χ0v) is 18.0. The van der Waals surface area contributed by atoms with E-state index in [1.54, 1.807) is 0 Å². The van der Waals surface area contributed by atoms with Gasteiger partial charge in [-0.1, -0.05) is 37.5 Å². The minimum Gasteiger partial charge on any atom is -0.356 e. The standard InChI is InChI=1S/C20H30N4O.HI/c1-2-21-20(24-15-13-16-8-6-7-11-18(16)24)22-14-12-19(25)23-17-9-4-3-5-10-17;/h6-8,11,17H,2-5,9-10,12-15H2,1H3,(H,21,22)(H,23,25);1H. The van der Waals surface area contributed by atoms with Crippen LogP contribution in [-0.2, 0) is 11.2 Å². The first-order valence-corrected chi connectivity index (χ1v) is 9.71. The highest BCUT2D eigenvalue weighted by Gasteiger charge is 2.22. The number of fused-ring (bicyclic) bond motifs is 1. The Bertz CT molecular complexity index is 614. The maximum atomic E-state index is 12.2. The monoisotopic (exact) mass is 470 g/mol. The van der Waals surface area contributed by atoms with Crippen molar-refractivity contribution < 1.29 is 4.79 Å². The lowest BCUT2D eigenvalue weighted by molar-refractivity contribution is -0.121. The molecule has 1 aromatic rings. The molecular weight excluding hydrogens is 439 g/mol. The first kappa shape index (κ1) is 21.0. The molecule has 6 heteroatoms. The zero-order chi connectivity index (χ0) is 17.5. The van der Waals surface area contributed by atoms with Gasteiger partial charge in [-0.3, -0.25) is 9.79 Å². The van der Waals surface area contributed by atoms with Crippen molar-refractivity contribution in [3.63, 3.8) is 0 Å². The lowest BCUT2D eigenvalue weighted by Crippen LogP contribution is -2.41. The van der Waals surface area contributed by atoms with Gasteiger partial charge in [-0.25, -0.2) is 0 Å². The molecule has 2 N–H and O–H groups in total. The Labute approximate surface area is 174 Å². The Hall–Kier alpha value is -1.31. The Morgan fingerprint density at radius 3 is 2.77 bits per heavy atom. The van der Waals surface area contributed by atoms with E-state index in [0.29, 0.717) is 19.0 Å². The number of carbonyl (C=O) groups is 1. The third-order valence-electron chi connectivity index (χ3n) is 5.05. The second-order valence-corrected chi connectivity index (χ2v) is 6.92. The van der Waals surface area contributed by atoms with Crippen LogP contribution in [0.4, 0.5) is 5.69 Å². The molecule has 3 rings (SSSR count). The molecule has 1 aliphatic carbocycles. The summed E-state index contributed by atoms with van der Waals surface area (Å²) < 4.78 is 0. The van der Waals surface area contributed by atoms with Gasteiger partial charge in [-0.05, 0) is 37.8 Å². The Balaban J connectivity index is 0.00000243. The SMILES string of the molecule is CCNC(=NCCC(=O)NC1CCCCC1)N1CCc2ccccc21.I. The molecule has 0 saturated heterocycles. The summed E-state index contributed by atoms with van der Waals surface area (Å²) in [4.78, 5) is 19.1. The highest BCUT2D eigenvalue weighted by atomic mass is 127. The lowest BCUT2D eigenvalue weighted by Gasteiger charge is -2.23. The molecule has 1 aromatic carbocycles. The highest BCUT2D eigenvalue weighted by Crippen LogP contribution is 2.27. The van der Waals surface area contributed by atoms with Crippen LogP contribution in [0.15, 0.2) is 29.3 Å². The number of amides is 1. The molecule has 1 amide bonds. The van der Waals surface area contributed by atoms with E-state index in [9.17, 15) is 4.79 Å². The predicted molar refractivity (Wildman–Crippen MR) is 119 cm³/mol. The summed E-state index contributed by atoms with van der Waals surface area (Å²) >= 11 is 0. The number of para-hydroxylation sites is 1. The average Bonchev–Trinajstić information content (AvgIpc) is 3.06. The predicted octanol–water partition coefficient (Wildman–Crippen LogP) is 3.47. The third-order valence-corrected chi connectivity index (χ3v) is 5.05. The molecular formula is C20H31IN4O. The quantitative estimate of drug-likeness (QED) is 0.394. The Morgan fingerprint density at radius 2 is 2.00 bits per heavy atom. The number of nitrogens with one attached hydrogen (secondary N) is 2. The van der Waals surface area contributed by atoms with Crippen LogP contribution in [0.1, 0.15) is 51.0 Å². The molecule has 2 aliphatic rings. The van der Waals surface area contributed by atoms with Gasteiger partial charge in [0.05, 0.1) is 6.54 Å². The summed E-state index contributed by atoms with van der Waals surface area (Å²) in [6.07, 6.45) is 7.54. The van der Waals surface area contributed by atoms with E-state index in [-0.39, 0.29) is 29.9 Å². The van der Waals surface area contributed by atoms with E-state index < -0.39 is 0 Å². The van der Waals surface area contributed by atoms with Gasteiger partial charge in [-0.2, -0.15) is 0 Å². The number of carbonyl (C=O) groups excluding carboxylic acids is 1. The van der Waals surface area contributed by atoms with Gasteiger partial charge in [0.25, 0.3) is 0 Å². The average molecular weight is 470 g/mol. The number of guanidine groups is 1. The van der Waals surface area contributed by atoms with Crippen molar-refractivity contribution in [2.75, 3.05) is 24.5 Å². The van der Waals surface area contributed by atoms with Gasteiger partial charge < -0.3 is 15.5 Å². The summed E-state index contributed by atoms with van der Waals surface area (Å²) in [6.45, 7) is 4.37. The molecule has 1 saturated carbocycles. The van der Waals surface area contributed by atoms with Gasteiger partial charge >= 0.3 is 0 Å². The molecule has 5 nitrogen and oxygen atoms in total. The van der Waals surface area contributed by atoms with Crippen LogP contribution in [0, 0.1) is 0 Å². The fraction of sp³-hybridized carbons (Fsp3) is 0.600. The minimum atomic E-state index is 0. The third kappa shape index (κ3) is 5.59. The van der Waals surface area contributed by atoms with Crippen molar-refractivity contribution >= 4 is 41.5 Å².